The second-order valence-electron chi connectivity index (χ2n) is 4.09. The summed E-state index contributed by atoms with van der Waals surface area (Å²) in [5.41, 5.74) is 3.64. The van der Waals surface area contributed by atoms with E-state index in [1.807, 2.05) is 30.0 Å². The average molecular weight is 238 g/mol. The topological polar surface area (TPSA) is 54.2 Å². The summed E-state index contributed by atoms with van der Waals surface area (Å²) in [6.45, 7) is 0.890. The van der Waals surface area contributed by atoms with Crippen molar-refractivity contribution in [2.24, 2.45) is 5.84 Å². The molecule has 1 aliphatic heterocycles. The first-order valence-corrected chi connectivity index (χ1v) is 6.65. The summed E-state index contributed by atoms with van der Waals surface area (Å²) in [4.78, 5) is 6.80. The molecule has 2 heterocycles. The number of hydrogen-bond acceptors (Lipinski definition) is 5. The van der Waals surface area contributed by atoms with Gasteiger partial charge in [0.1, 0.15) is 5.82 Å². The van der Waals surface area contributed by atoms with E-state index in [0.717, 1.165) is 18.1 Å². The van der Waals surface area contributed by atoms with Gasteiger partial charge in [-0.25, -0.2) is 10.8 Å². The van der Waals surface area contributed by atoms with Crippen LogP contribution in [0, 0.1) is 0 Å². The van der Waals surface area contributed by atoms with Crippen molar-refractivity contribution in [3.63, 3.8) is 0 Å². The summed E-state index contributed by atoms with van der Waals surface area (Å²) in [5, 5.41) is 0. The molecular weight excluding hydrogens is 220 g/mol. The highest BCUT2D eigenvalue weighted by molar-refractivity contribution is 7.99. The molecule has 1 aromatic heterocycles. The van der Waals surface area contributed by atoms with Gasteiger partial charge in [0.2, 0.25) is 0 Å². The number of hydrogen-bond donors (Lipinski definition) is 2. The largest absolute Gasteiger partial charge is 0.308 e. The third-order valence-corrected chi connectivity index (χ3v) is 4.04. The molecule has 88 valence electrons. The van der Waals surface area contributed by atoms with Gasteiger partial charge in [-0.15, -0.1) is 0 Å². The first-order chi connectivity index (χ1) is 7.79. The van der Waals surface area contributed by atoms with Gasteiger partial charge in [0.05, 0.1) is 5.69 Å². The van der Waals surface area contributed by atoms with Gasteiger partial charge in [-0.05, 0) is 31.4 Å². The first-order valence-electron chi connectivity index (χ1n) is 5.50. The standard InChI is InChI=1S/C11H18N4S/c1-15(10-5-6-16-8-10)7-9-3-2-4-11(13-9)14-12/h2-4,10H,5-8,12H2,1H3,(H,13,14). The molecule has 1 aromatic rings. The van der Waals surface area contributed by atoms with Crippen LogP contribution in [-0.2, 0) is 6.54 Å². The molecule has 0 radical (unpaired) electrons. The average Bonchev–Trinajstić information content (AvgIpc) is 2.83. The fourth-order valence-electron chi connectivity index (χ4n) is 1.90. The Balaban J connectivity index is 1.96. The van der Waals surface area contributed by atoms with E-state index in [9.17, 15) is 0 Å². The Labute approximate surface area is 101 Å². The van der Waals surface area contributed by atoms with E-state index in [-0.39, 0.29) is 0 Å². The van der Waals surface area contributed by atoms with Crippen molar-refractivity contribution >= 4 is 17.6 Å². The van der Waals surface area contributed by atoms with Gasteiger partial charge in [0.15, 0.2) is 0 Å². The number of nitrogen functional groups attached to an aromatic ring is 1. The number of aromatic nitrogens is 1. The lowest BCUT2D eigenvalue weighted by molar-refractivity contribution is 0.251. The Morgan fingerprint density at radius 3 is 3.19 bits per heavy atom. The number of hydrazine groups is 1. The summed E-state index contributed by atoms with van der Waals surface area (Å²) < 4.78 is 0. The van der Waals surface area contributed by atoms with Crippen LogP contribution in [0.25, 0.3) is 0 Å². The van der Waals surface area contributed by atoms with Crippen LogP contribution in [-0.4, -0.2) is 34.5 Å². The van der Waals surface area contributed by atoms with Crippen molar-refractivity contribution in [3.8, 4) is 0 Å². The Morgan fingerprint density at radius 2 is 2.50 bits per heavy atom. The van der Waals surface area contributed by atoms with Crippen molar-refractivity contribution < 1.29 is 0 Å². The van der Waals surface area contributed by atoms with Crippen molar-refractivity contribution in [1.82, 2.24) is 9.88 Å². The minimum Gasteiger partial charge on any atom is -0.308 e. The molecule has 1 unspecified atom stereocenters. The number of rotatable bonds is 4. The summed E-state index contributed by atoms with van der Waals surface area (Å²) >= 11 is 2.03. The molecule has 3 N–H and O–H groups in total. The maximum absolute atomic E-state index is 5.34. The van der Waals surface area contributed by atoms with Gasteiger partial charge >= 0.3 is 0 Å². The zero-order valence-corrected chi connectivity index (χ0v) is 10.3. The first kappa shape index (κ1) is 11.7. The van der Waals surface area contributed by atoms with Crippen LogP contribution < -0.4 is 11.3 Å². The van der Waals surface area contributed by atoms with E-state index >= 15 is 0 Å². The van der Waals surface area contributed by atoms with Crippen LogP contribution in [0.3, 0.4) is 0 Å². The molecule has 0 aliphatic carbocycles. The Kier molecular flexibility index (Phi) is 4.04. The van der Waals surface area contributed by atoms with Crippen LogP contribution >= 0.6 is 11.8 Å². The Bertz CT molecular complexity index is 339. The molecule has 1 aliphatic rings. The highest BCUT2D eigenvalue weighted by atomic mass is 32.2. The molecule has 0 aromatic carbocycles. The van der Waals surface area contributed by atoms with Gasteiger partial charge in [-0.2, -0.15) is 11.8 Å². The van der Waals surface area contributed by atoms with Crippen molar-refractivity contribution in [2.45, 2.75) is 19.0 Å². The van der Waals surface area contributed by atoms with E-state index in [0.29, 0.717) is 6.04 Å². The van der Waals surface area contributed by atoms with Crippen LogP contribution in [0.15, 0.2) is 18.2 Å². The van der Waals surface area contributed by atoms with E-state index in [2.05, 4.69) is 22.4 Å². The van der Waals surface area contributed by atoms with Crippen LogP contribution in [0.2, 0.25) is 0 Å². The van der Waals surface area contributed by atoms with Crippen molar-refractivity contribution in [2.75, 3.05) is 24.0 Å². The third-order valence-electron chi connectivity index (χ3n) is 2.90. The highest BCUT2D eigenvalue weighted by Crippen LogP contribution is 2.22. The molecule has 0 saturated carbocycles. The predicted octanol–water partition coefficient (Wildman–Crippen LogP) is 1.30. The Morgan fingerprint density at radius 1 is 1.62 bits per heavy atom. The zero-order chi connectivity index (χ0) is 11.4. The number of nitrogens with two attached hydrogens (primary N) is 1. The fourth-order valence-corrected chi connectivity index (χ4v) is 3.20. The smallest absolute Gasteiger partial charge is 0.140 e. The lowest BCUT2D eigenvalue weighted by atomic mass is 10.2. The fraction of sp³-hybridized carbons (Fsp3) is 0.545. The number of anilines is 1. The predicted molar refractivity (Wildman–Crippen MR) is 69.2 cm³/mol. The van der Waals surface area contributed by atoms with Crippen molar-refractivity contribution in [1.29, 1.82) is 0 Å². The van der Waals surface area contributed by atoms with Gasteiger partial charge in [0, 0.05) is 18.3 Å². The Hall–Kier alpha value is -0.780. The minimum atomic E-state index is 0.696. The second-order valence-corrected chi connectivity index (χ2v) is 5.24. The van der Waals surface area contributed by atoms with Gasteiger partial charge in [0.25, 0.3) is 0 Å². The minimum absolute atomic E-state index is 0.696. The number of nitrogens with one attached hydrogen (secondary N) is 1. The lowest BCUT2D eigenvalue weighted by Crippen LogP contribution is -2.31. The number of thioether (sulfide) groups is 1. The SMILES string of the molecule is CN(Cc1cccc(NN)n1)C1CCSC1. The molecule has 1 saturated heterocycles. The molecule has 0 bridgehead atoms. The van der Waals surface area contributed by atoms with Gasteiger partial charge in [-0.3, -0.25) is 4.90 Å². The third kappa shape index (κ3) is 2.87. The normalized spacial score (nSPS) is 20.3. The monoisotopic (exact) mass is 238 g/mol. The summed E-state index contributed by atoms with van der Waals surface area (Å²) in [5.74, 6) is 8.60. The number of nitrogens with zero attached hydrogens (tertiary/aromatic N) is 2. The number of pyridine rings is 1. The van der Waals surface area contributed by atoms with E-state index < -0.39 is 0 Å². The molecule has 1 fully saturated rings. The molecule has 4 nitrogen and oxygen atoms in total. The van der Waals surface area contributed by atoms with E-state index in [4.69, 9.17) is 5.84 Å². The molecule has 1 atom stereocenters. The van der Waals surface area contributed by atoms with Crippen LogP contribution in [0.4, 0.5) is 5.82 Å². The maximum Gasteiger partial charge on any atom is 0.140 e. The lowest BCUT2D eigenvalue weighted by Gasteiger charge is -2.23. The molecular formula is C11H18N4S. The molecule has 16 heavy (non-hydrogen) atoms. The van der Waals surface area contributed by atoms with E-state index in [1.54, 1.807) is 0 Å². The molecule has 0 amide bonds. The highest BCUT2D eigenvalue weighted by Gasteiger charge is 2.20. The zero-order valence-electron chi connectivity index (χ0n) is 9.52. The van der Waals surface area contributed by atoms with E-state index in [1.165, 1.54) is 17.9 Å². The maximum atomic E-state index is 5.34. The van der Waals surface area contributed by atoms with Gasteiger partial charge < -0.3 is 5.43 Å². The van der Waals surface area contributed by atoms with Crippen LogP contribution in [0.1, 0.15) is 12.1 Å². The van der Waals surface area contributed by atoms with Crippen LogP contribution in [0.5, 0.6) is 0 Å². The molecule has 0 spiro atoms. The van der Waals surface area contributed by atoms with Crippen molar-refractivity contribution in [3.05, 3.63) is 23.9 Å². The quantitative estimate of drug-likeness (QED) is 0.612. The molecule has 2 rings (SSSR count). The summed E-state index contributed by atoms with van der Waals surface area (Å²) in [7, 11) is 2.17. The second kappa shape index (κ2) is 5.52. The van der Waals surface area contributed by atoms with Gasteiger partial charge in [-0.1, -0.05) is 6.07 Å². The molecule has 5 heteroatoms. The summed E-state index contributed by atoms with van der Waals surface area (Å²) in [6.07, 6.45) is 1.29. The summed E-state index contributed by atoms with van der Waals surface area (Å²) in [6, 6.07) is 6.59.